The first-order valence-electron chi connectivity index (χ1n) is 12.5. The van der Waals surface area contributed by atoms with Crippen LogP contribution in [0.5, 0.6) is 11.5 Å². The van der Waals surface area contributed by atoms with E-state index in [0.717, 1.165) is 69.0 Å². The summed E-state index contributed by atoms with van der Waals surface area (Å²) in [6.45, 7) is 1.19. The maximum atomic E-state index is 6.21. The van der Waals surface area contributed by atoms with Gasteiger partial charge in [0.25, 0.3) is 0 Å². The van der Waals surface area contributed by atoms with E-state index in [1.807, 2.05) is 42.7 Å². The predicted molar refractivity (Wildman–Crippen MR) is 145 cm³/mol. The quantitative estimate of drug-likeness (QED) is 0.248. The highest BCUT2D eigenvalue weighted by atomic mass is 16.5. The average Bonchev–Trinajstić information content (AvgIpc) is 3.53. The molecule has 0 aliphatic carbocycles. The van der Waals surface area contributed by atoms with Gasteiger partial charge in [0.2, 0.25) is 0 Å². The van der Waals surface area contributed by atoms with Crippen molar-refractivity contribution >= 4 is 10.8 Å². The molecule has 0 bridgehead atoms. The first-order valence-corrected chi connectivity index (χ1v) is 12.5. The van der Waals surface area contributed by atoms with Crippen molar-refractivity contribution in [2.45, 2.75) is 25.5 Å². The van der Waals surface area contributed by atoms with Crippen molar-refractivity contribution in [3.63, 3.8) is 0 Å². The van der Waals surface area contributed by atoms with Gasteiger partial charge in [0.1, 0.15) is 17.3 Å². The molecule has 6 heteroatoms. The fourth-order valence-electron chi connectivity index (χ4n) is 5.15. The molecule has 5 aromatic rings. The number of pyridine rings is 1. The smallest absolute Gasteiger partial charge is 0.119 e. The van der Waals surface area contributed by atoms with Gasteiger partial charge in [-0.25, -0.2) is 4.98 Å². The standard InChI is InChI=1S/C31H29N3O3/c1-35-27-9-3-21(4-10-27)19-37-20-26-8-12-29-33-30(31(34(26)29)22-13-15-32-16-14-22)25-6-5-24-18-28(36-2)11-7-23(24)17-25/h3-7,9-11,13-18,26H,8,12,19-20H2,1-2H3/t26-/m0/s1. The Balaban J connectivity index is 1.33. The zero-order chi connectivity index (χ0) is 25.2. The van der Waals surface area contributed by atoms with E-state index in [4.69, 9.17) is 19.2 Å². The zero-order valence-corrected chi connectivity index (χ0v) is 21.1. The maximum Gasteiger partial charge on any atom is 0.119 e. The molecule has 0 unspecified atom stereocenters. The highest BCUT2D eigenvalue weighted by Crippen LogP contribution is 2.40. The molecular weight excluding hydrogens is 462 g/mol. The van der Waals surface area contributed by atoms with Crippen molar-refractivity contribution in [2.24, 2.45) is 0 Å². The predicted octanol–water partition coefficient (Wildman–Crippen LogP) is 6.49. The lowest BCUT2D eigenvalue weighted by molar-refractivity contribution is 0.0925. The van der Waals surface area contributed by atoms with Crippen LogP contribution in [-0.4, -0.2) is 35.4 Å². The number of methoxy groups -OCH3 is 2. The Kier molecular flexibility index (Phi) is 6.33. The Morgan fingerprint density at radius 2 is 1.54 bits per heavy atom. The van der Waals surface area contributed by atoms with E-state index in [2.05, 4.69) is 52.0 Å². The van der Waals surface area contributed by atoms with Crippen LogP contribution in [0.15, 0.2) is 85.2 Å². The lowest BCUT2D eigenvalue weighted by atomic mass is 10.0. The van der Waals surface area contributed by atoms with Gasteiger partial charge in [0.15, 0.2) is 0 Å². The van der Waals surface area contributed by atoms with Crippen LogP contribution in [0.1, 0.15) is 23.9 Å². The number of aryl methyl sites for hydroxylation is 1. The molecular formula is C31H29N3O3. The maximum absolute atomic E-state index is 6.21. The van der Waals surface area contributed by atoms with Crippen molar-refractivity contribution in [1.82, 2.24) is 14.5 Å². The Labute approximate surface area is 216 Å². The molecule has 0 fully saturated rings. The summed E-state index contributed by atoms with van der Waals surface area (Å²) in [7, 11) is 3.37. The minimum absolute atomic E-state index is 0.224. The second kappa shape index (κ2) is 10.1. The molecule has 2 aromatic heterocycles. The largest absolute Gasteiger partial charge is 0.497 e. The number of hydrogen-bond donors (Lipinski definition) is 0. The van der Waals surface area contributed by atoms with Crippen LogP contribution < -0.4 is 9.47 Å². The summed E-state index contributed by atoms with van der Waals surface area (Å²) in [5.74, 6) is 2.82. The minimum atomic E-state index is 0.224. The summed E-state index contributed by atoms with van der Waals surface area (Å²) < 4.78 is 19.3. The Hall–Kier alpha value is -4.16. The van der Waals surface area contributed by atoms with Gasteiger partial charge in [-0.2, -0.15) is 0 Å². The molecule has 0 amide bonds. The molecule has 0 saturated heterocycles. The minimum Gasteiger partial charge on any atom is -0.497 e. The third kappa shape index (κ3) is 4.56. The molecule has 1 aliphatic heterocycles. The molecule has 6 nitrogen and oxygen atoms in total. The highest BCUT2D eigenvalue weighted by Gasteiger charge is 2.30. The van der Waals surface area contributed by atoms with Crippen molar-refractivity contribution < 1.29 is 14.2 Å². The Bertz CT molecular complexity index is 1530. The number of aromatic nitrogens is 3. The molecule has 6 rings (SSSR count). The summed E-state index contributed by atoms with van der Waals surface area (Å²) in [6, 6.07) is 25.1. The lowest BCUT2D eigenvalue weighted by Crippen LogP contribution is -2.13. The molecule has 0 radical (unpaired) electrons. The van der Waals surface area contributed by atoms with E-state index >= 15 is 0 Å². The van der Waals surface area contributed by atoms with Gasteiger partial charge in [-0.15, -0.1) is 0 Å². The Morgan fingerprint density at radius 3 is 2.32 bits per heavy atom. The third-order valence-electron chi connectivity index (χ3n) is 7.06. The van der Waals surface area contributed by atoms with Gasteiger partial charge < -0.3 is 18.8 Å². The molecule has 1 aliphatic rings. The fraction of sp³-hybridized carbons (Fsp3) is 0.226. The summed E-state index contributed by atoms with van der Waals surface area (Å²) in [4.78, 5) is 9.41. The number of fused-ring (bicyclic) bond motifs is 2. The van der Waals surface area contributed by atoms with Gasteiger partial charge in [0, 0.05) is 29.9 Å². The van der Waals surface area contributed by atoms with Crippen LogP contribution in [-0.2, 0) is 17.8 Å². The number of benzene rings is 3. The van der Waals surface area contributed by atoms with E-state index in [1.165, 1.54) is 0 Å². The van der Waals surface area contributed by atoms with Crippen LogP contribution >= 0.6 is 0 Å². The number of imidazole rings is 1. The van der Waals surface area contributed by atoms with Crippen LogP contribution in [0.25, 0.3) is 33.3 Å². The number of rotatable bonds is 8. The molecule has 0 saturated carbocycles. The summed E-state index contributed by atoms with van der Waals surface area (Å²) in [5.41, 5.74) is 5.47. The van der Waals surface area contributed by atoms with Gasteiger partial charge in [0.05, 0.1) is 44.9 Å². The van der Waals surface area contributed by atoms with Crippen molar-refractivity contribution in [1.29, 1.82) is 0 Å². The molecule has 37 heavy (non-hydrogen) atoms. The first-order chi connectivity index (χ1) is 18.2. The molecule has 0 N–H and O–H groups in total. The normalized spacial score (nSPS) is 14.6. The van der Waals surface area contributed by atoms with Gasteiger partial charge in [-0.05, 0) is 65.2 Å². The summed E-state index contributed by atoms with van der Waals surface area (Å²) in [6.07, 6.45) is 5.63. The fourth-order valence-corrected chi connectivity index (χ4v) is 5.15. The van der Waals surface area contributed by atoms with Crippen molar-refractivity contribution in [2.75, 3.05) is 20.8 Å². The monoisotopic (exact) mass is 491 g/mol. The molecule has 3 aromatic carbocycles. The second-order valence-electron chi connectivity index (χ2n) is 9.31. The van der Waals surface area contributed by atoms with Crippen LogP contribution in [0.4, 0.5) is 0 Å². The van der Waals surface area contributed by atoms with E-state index in [-0.39, 0.29) is 6.04 Å². The van der Waals surface area contributed by atoms with Crippen LogP contribution in [0.2, 0.25) is 0 Å². The van der Waals surface area contributed by atoms with Gasteiger partial charge in [-0.3, -0.25) is 4.98 Å². The third-order valence-corrected chi connectivity index (χ3v) is 7.06. The number of nitrogens with zero attached hydrogens (tertiary/aromatic N) is 3. The van der Waals surface area contributed by atoms with E-state index in [0.29, 0.717) is 13.2 Å². The summed E-state index contributed by atoms with van der Waals surface area (Å²) >= 11 is 0. The first kappa shape index (κ1) is 23.3. The van der Waals surface area contributed by atoms with E-state index < -0.39 is 0 Å². The van der Waals surface area contributed by atoms with Crippen molar-refractivity contribution in [3.8, 4) is 34.0 Å². The SMILES string of the molecule is COc1ccc(COC[C@@H]2CCc3nc(-c4ccc5cc(OC)ccc5c4)c(-c4ccncc4)n32)cc1. The van der Waals surface area contributed by atoms with Gasteiger partial charge >= 0.3 is 0 Å². The molecule has 186 valence electrons. The lowest BCUT2D eigenvalue weighted by Gasteiger charge is -2.18. The van der Waals surface area contributed by atoms with E-state index in [9.17, 15) is 0 Å². The zero-order valence-electron chi connectivity index (χ0n) is 21.1. The number of hydrogen-bond acceptors (Lipinski definition) is 5. The number of ether oxygens (including phenoxy) is 3. The second-order valence-corrected chi connectivity index (χ2v) is 9.31. The summed E-state index contributed by atoms with van der Waals surface area (Å²) in [5, 5.41) is 2.30. The van der Waals surface area contributed by atoms with Crippen LogP contribution in [0.3, 0.4) is 0 Å². The van der Waals surface area contributed by atoms with Crippen LogP contribution in [0, 0.1) is 0 Å². The Morgan fingerprint density at radius 1 is 0.811 bits per heavy atom. The highest BCUT2D eigenvalue weighted by molar-refractivity contribution is 5.90. The molecule has 1 atom stereocenters. The molecule has 0 spiro atoms. The molecule has 3 heterocycles. The van der Waals surface area contributed by atoms with Crippen molar-refractivity contribution in [3.05, 3.63) is 96.6 Å². The van der Waals surface area contributed by atoms with Gasteiger partial charge in [-0.1, -0.05) is 30.3 Å². The van der Waals surface area contributed by atoms with E-state index in [1.54, 1.807) is 14.2 Å². The topological polar surface area (TPSA) is 58.4 Å². The average molecular weight is 492 g/mol.